The van der Waals surface area contributed by atoms with Crippen molar-refractivity contribution in [1.82, 2.24) is 5.32 Å². The molecule has 0 fully saturated rings. The van der Waals surface area contributed by atoms with Crippen molar-refractivity contribution in [3.05, 3.63) is 29.8 Å². The predicted molar refractivity (Wildman–Crippen MR) is 72.6 cm³/mol. The molecule has 3 N–H and O–H groups in total. The monoisotopic (exact) mass is 250 g/mol. The first-order valence-electron chi connectivity index (χ1n) is 6.27. The van der Waals surface area contributed by atoms with Gasteiger partial charge in [-0.15, -0.1) is 0 Å². The number of nitrogens with one attached hydrogen (secondary N) is 1. The number of rotatable bonds is 7. The number of amides is 1. The van der Waals surface area contributed by atoms with Crippen LogP contribution in [0.5, 0.6) is 5.75 Å². The molecule has 0 bridgehead atoms. The molecule has 1 aromatic rings. The van der Waals surface area contributed by atoms with Crippen molar-refractivity contribution in [2.45, 2.75) is 32.2 Å². The number of nitrogens with two attached hydrogens (primary N) is 1. The van der Waals surface area contributed by atoms with E-state index in [0.717, 1.165) is 24.2 Å². The summed E-state index contributed by atoms with van der Waals surface area (Å²) in [5, 5.41) is 2.89. The summed E-state index contributed by atoms with van der Waals surface area (Å²) < 4.78 is 5.12. The van der Waals surface area contributed by atoms with Gasteiger partial charge in [0.2, 0.25) is 5.91 Å². The average Bonchev–Trinajstić information content (AvgIpc) is 2.34. The number of ether oxygens (including phenoxy) is 1. The molecule has 0 aliphatic rings. The first-order chi connectivity index (χ1) is 8.61. The Morgan fingerprint density at radius 3 is 2.94 bits per heavy atom. The Balaban J connectivity index is 2.30. The van der Waals surface area contributed by atoms with Crippen molar-refractivity contribution >= 4 is 5.91 Å². The molecule has 1 rings (SSSR count). The highest BCUT2D eigenvalue weighted by atomic mass is 16.5. The Bertz CT molecular complexity index is 378. The zero-order valence-corrected chi connectivity index (χ0v) is 11.1. The molecule has 4 heteroatoms. The van der Waals surface area contributed by atoms with Gasteiger partial charge in [0, 0.05) is 12.6 Å². The maximum atomic E-state index is 11.7. The Kier molecular flexibility index (Phi) is 6.22. The van der Waals surface area contributed by atoms with E-state index in [-0.39, 0.29) is 11.9 Å². The van der Waals surface area contributed by atoms with Crippen LogP contribution in [0, 0.1) is 0 Å². The summed E-state index contributed by atoms with van der Waals surface area (Å²) in [7, 11) is 1.62. The van der Waals surface area contributed by atoms with Gasteiger partial charge in [0.15, 0.2) is 0 Å². The first kappa shape index (κ1) is 14.5. The lowest BCUT2D eigenvalue weighted by atomic mass is 10.1. The lowest BCUT2D eigenvalue weighted by Crippen LogP contribution is -2.27. The third-order valence-electron chi connectivity index (χ3n) is 2.66. The molecule has 0 heterocycles. The molecular weight excluding hydrogens is 228 g/mol. The predicted octanol–water partition coefficient (Wildman–Crippen LogP) is 1.48. The van der Waals surface area contributed by atoms with Crippen molar-refractivity contribution in [2.24, 2.45) is 5.73 Å². The second kappa shape index (κ2) is 7.71. The molecule has 0 radical (unpaired) electrons. The zero-order valence-electron chi connectivity index (χ0n) is 11.1. The van der Waals surface area contributed by atoms with Crippen molar-refractivity contribution in [3.8, 4) is 5.75 Å². The molecule has 0 spiro atoms. The van der Waals surface area contributed by atoms with Crippen LogP contribution >= 0.6 is 0 Å². The Hall–Kier alpha value is -1.55. The number of carbonyl (C=O) groups excluding carboxylic acids is 1. The number of benzene rings is 1. The van der Waals surface area contributed by atoms with Gasteiger partial charge in [-0.25, -0.2) is 0 Å². The van der Waals surface area contributed by atoms with E-state index in [1.165, 1.54) is 0 Å². The van der Waals surface area contributed by atoms with Gasteiger partial charge >= 0.3 is 0 Å². The topological polar surface area (TPSA) is 64.3 Å². The summed E-state index contributed by atoms with van der Waals surface area (Å²) in [6.07, 6.45) is 2.23. The molecule has 4 nitrogen and oxygen atoms in total. The van der Waals surface area contributed by atoms with E-state index < -0.39 is 0 Å². The molecular formula is C14H22N2O2. The molecule has 0 aliphatic heterocycles. The zero-order chi connectivity index (χ0) is 13.4. The van der Waals surface area contributed by atoms with Gasteiger partial charge in [0.05, 0.1) is 13.5 Å². The lowest BCUT2D eigenvalue weighted by Gasteiger charge is -2.07. The Morgan fingerprint density at radius 2 is 2.28 bits per heavy atom. The SMILES string of the molecule is COc1cccc(CC(=O)NCCCC(C)N)c1. The van der Waals surface area contributed by atoms with Crippen LogP contribution in [0.15, 0.2) is 24.3 Å². The molecule has 100 valence electrons. The highest BCUT2D eigenvalue weighted by Gasteiger charge is 2.04. The van der Waals surface area contributed by atoms with Crippen LogP contribution in [0.1, 0.15) is 25.3 Å². The number of hydrogen-bond acceptors (Lipinski definition) is 3. The number of carbonyl (C=O) groups is 1. The quantitative estimate of drug-likeness (QED) is 0.720. The van der Waals surface area contributed by atoms with Crippen LogP contribution in [-0.4, -0.2) is 25.6 Å². The molecule has 1 atom stereocenters. The molecule has 0 aromatic heterocycles. The van der Waals surface area contributed by atoms with Crippen LogP contribution in [-0.2, 0) is 11.2 Å². The summed E-state index contributed by atoms with van der Waals surface area (Å²) in [6.45, 7) is 2.66. The minimum Gasteiger partial charge on any atom is -0.497 e. The molecule has 1 aromatic carbocycles. The van der Waals surface area contributed by atoms with Crippen LogP contribution < -0.4 is 15.8 Å². The van der Waals surface area contributed by atoms with Crippen LogP contribution in [0.2, 0.25) is 0 Å². The average molecular weight is 250 g/mol. The highest BCUT2D eigenvalue weighted by molar-refractivity contribution is 5.78. The van der Waals surface area contributed by atoms with Crippen molar-refractivity contribution in [2.75, 3.05) is 13.7 Å². The van der Waals surface area contributed by atoms with Gasteiger partial charge in [-0.05, 0) is 37.5 Å². The van der Waals surface area contributed by atoms with E-state index in [4.69, 9.17) is 10.5 Å². The summed E-state index contributed by atoms with van der Waals surface area (Å²) in [5.74, 6) is 0.810. The minimum atomic E-state index is 0.0351. The molecule has 0 saturated carbocycles. The van der Waals surface area contributed by atoms with E-state index in [1.807, 2.05) is 31.2 Å². The fourth-order valence-electron chi connectivity index (χ4n) is 1.68. The van der Waals surface area contributed by atoms with Crippen molar-refractivity contribution in [3.63, 3.8) is 0 Å². The van der Waals surface area contributed by atoms with Gasteiger partial charge in [0.1, 0.15) is 5.75 Å². The third-order valence-corrected chi connectivity index (χ3v) is 2.66. The standard InChI is InChI=1S/C14H22N2O2/c1-11(15)5-4-8-16-14(17)10-12-6-3-7-13(9-12)18-2/h3,6-7,9,11H,4-5,8,10,15H2,1-2H3,(H,16,17). The number of methoxy groups -OCH3 is 1. The maximum absolute atomic E-state index is 11.7. The van der Waals surface area contributed by atoms with E-state index >= 15 is 0 Å². The number of hydrogen-bond donors (Lipinski definition) is 2. The van der Waals surface area contributed by atoms with E-state index in [2.05, 4.69) is 5.32 Å². The Morgan fingerprint density at radius 1 is 1.50 bits per heavy atom. The molecule has 1 unspecified atom stereocenters. The van der Waals surface area contributed by atoms with Crippen LogP contribution in [0.3, 0.4) is 0 Å². The van der Waals surface area contributed by atoms with Crippen molar-refractivity contribution in [1.29, 1.82) is 0 Å². The fourth-order valence-corrected chi connectivity index (χ4v) is 1.68. The second-order valence-electron chi connectivity index (χ2n) is 4.50. The van der Waals surface area contributed by atoms with E-state index in [0.29, 0.717) is 13.0 Å². The van der Waals surface area contributed by atoms with Gasteiger partial charge in [0.25, 0.3) is 0 Å². The highest BCUT2D eigenvalue weighted by Crippen LogP contribution is 2.12. The van der Waals surface area contributed by atoms with E-state index in [9.17, 15) is 4.79 Å². The van der Waals surface area contributed by atoms with Crippen LogP contribution in [0.25, 0.3) is 0 Å². The van der Waals surface area contributed by atoms with Crippen LogP contribution in [0.4, 0.5) is 0 Å². The van der Waals surface area contributed by atoms with Gasteiger partial charge in [-0.2, -0.15) is 0 Å². The molecule has 0 saturated heterocycles. The second-order valence-corrected chi connectivity index (χ2v) is 4.50. The van der Waals surface area contributed by atoms with Gasteiger partial charge in [-0.1, -0.05) is 12.1 Å². The summed E-state index contributed by atoms with van der Waals surface area (Å²) in [6, 6.07) is 7.74. The minimum absolute atomic E-state index is 0.0351. The molecule has 1 amide bonds. The third kappa shape index (κ3) is 5.68. The summed E-state index contributed by atoms with van der Waals surface area (Å²) in [5.41, 5.74) is 6.60. The normalized spacial score (nSPS) is 11.9. The van der Waals surface area contributed by atoms with Crippen molar-refractivity contribution < 1.29 is 9.53 Å². The first-order valence-corrected chi connectivity index (χ1v) is 6.27. The maximum Gasteiger partial charge on any atom is 0.224 e. The summed E-state index contributed by atoms with van der Waals surface area (Å²) in [4.78, 5) is 11.7. The fraction of sp³-hybridized carbons (Fsp3) is 0.500. The molecule has 18 heavy (non-hydrogen) atoms. The molecule has 0 aliphatic carbocycles. The summed E-state index contributed by atoms with van der Waals surface area (Å²) >= 11 is 0. The Labute approximate surface area is 109 Å². The van der Waals surface area contributed by atoms with Gasteiger partial charge in [-0.3, -0.25) is 4.79 Å². The van der Waals surface area contributed by atoms with Gasteiger partial charge < -0.3 is 15.8 Å². The largest absolute Gasteiger partial charge is 0.497 e. The lowest BCUT2D eigenvalue weighted by molar-refractivity contribution is -0.120. The van der Waals surface area contributed by atoms with E-state index in [1.54, 1.807) is 7.11 Å². The smallest absolute Gasteiger partial charge is 0.224 e.